The quantitative estimate of drug-likeness (QED) is 0.432. The van der Waals surface area contributed by atoms with Gasteiger partial charge in [0, 0.05) is 0 Å². The Balaban J connectivity index is 1.43. The van der Waals surface area contributed by atoms with E-state index < -0.39 is 48.6 Å². The molecule has 15 heteroatoms. The maximum Gasteiger partial charge on any atom is 0.470 e. The molecular formula is C17H18F3N7O5. The summed E-state index contributed by atoms with van der Waals surface area (Å²) in [6.07, 6.45) is -6.47. The van der Waals surface area contributed by atoms with Crippen molar-refractivity contribution in [1.29, 1.82) is 0 Å². The van der Waals surface area contributed by atoms with Crippen molar-refractivity contribution in [3.63, 3.8) is 0 Å². The van der Waals surface area contributed by atoms with E-state index in [4.69, 9.17) is 4.74 Å². The number of aromatic nitrogens is 6. The lowest BCUT2D eigenvalue weighted by atomic mass is 10.1. The highest BCUT2D eigenvalue weighted by molar-refractivity contribution is 5.82. The van der Waals surface area contributed by atoms with Gasteiger partial charge in [-0.1, -0.05) is 0 Å². The number of alkyl halides is 3. The highest BCUT2D eigenvalue weighted by atomic mass is 19.4. The van der Waals surface area contributed by atoms with Crippen LogP contribution >= 0.6 is 0 Å². The number of hydrogen-bond acceptors (Lipinski definition) is 11. The van der Waals surface area contributed by atoms with E-state index in [0.717, 1.165) is 12.8 Å². The maximum absolute atomic E-state index is 12.7. The van der Waals surface area contributed by atoms with Crippen LogP contribution in [0, 0.1) is 0 Å². The Morgan fingerprint density at radius 2 is 1.88 bits per heavy atom. The summed E-state index contributed by atoms with van der Waals surface area (Å²) in [4.78, 5) is 12.6. The van der Waals surface area contributed by atoms with E-state index in [1.165, 1.54) is 17.2 Å². The van der Waals surface area contributed by atoms with Crippen LogP contribution in [0.5, 0.6) is 0 Å². The summed E-state index contributed by atoms with van der Waals surface area (Å²) < 4.78 is 49.7. The van der Waals surface area contributed by atoms with Crippen LogP contribution in [0.15, 0.2) is 17.1 Å². The smallest absolute Gasteiger partial charge is 0.414 e. The van der Waals surface area contributed by atoms with Gasteiger partial charge < -0.3 is 29.8 Å². The summed E-state index contributed by atoms with van der Waals surface area (Å²) in [5, 5.41) is 40.2. The van der Waals surface area contributed by atoms with Gasteiger partial charge in [-0.3, -0.25) is 4.57 Å². The van der Waals surface area contributed by atoms with Crippen LogP contribution in [0.25, 0.3) is 11.2 Å². The molecule has 0 aromatic carbocycles. The molecule has 1 aliphatic carbocycles. The first-order valence-electron chi connectivity index (χ1n) is 9.78. The van der Waals surface area contributed by atoms with E-state index in [2.05, 4.69) is 34.9 Å². The van der Waals surface area contributed by atoms with Crippen molar-refractivity contribution in [1.82, 2.24) is 29.7 Å². The molecule has 2 aliphatic rings. The zero-order chi connectivity index (χ0) is 22.6. The lowest BCUT2D eigenvalue weighted by Crippen LogP contribution is -2.29. The molecule has 2 fully saturated rings. The molecule has 0 radical (unpaired) electrons. The minimum absolute atomic E-state index is 0.196. The fourth-order valence-electron chi connectivity index (χ4n) is 3.99. The Morgan fingerprint density at radius 1 is 1.06 bits per heavy atom. The Morgan fingerprint density at radius 3 is 2.56 bits per heavy atom. The Kier molecular flexibility index (Phi) is 4.99. The largest absolute Gasteiger partial charge is 0.470 e. The highest BCUT2D eigenvalue weighted by Gasteiger charge is 2.49. The summed E-state index contributed by atoms with van der Waals surface area (Å²) in [5.41, 5.74) is 0.575. The Labute approximate surface area is 177 Å². The minimum atomic E-state index is -4.86. The van der Waals surface area contributed by atoms with Crippen molar-refractivity contribution in [3.05, 3.63) is 24.4 Å². The number of nitrogens with zero attached hydrogens (tertiary/aromatic N) is 6. The number of ether oxygens (including phenoxy) is 1. The topological polar surface area (TPSA) is 164 Å². The van der Waals surface area contributed by atoms with E-state index in [-0.39, 0.29) is 11.7 Å². The number of halogens is 3. The molecule has 1 saturated heterocycles. The number of aliphatic hydroxyl groups excluding tert-OH is 3. The maximum atomic E-state index is 12.7. The third-order valence-electron chi connectivity index (χ3n) is 5.60. The molecule has 0 amide bonds. The molecule has 0 bridgehead atoms. The molecule has 4 heterocycles. The van der Waals surface area contributed by atoms with Crippen molar-refractivity contribution >= 4 is 17.0 Å². The van der Waals surface area contributed by atoms with E-state index in [0.29, 0.717) is 17.8 Å². The fraction of sp³-hybridized carbons (Fsp3) is 0.588. The summed E-state index contributed by atoms with van der Waals surface area (Å²) in [7, 11) is 0. The lowest BCUT2D eigenvalue weighted by molar-refractivity contribution is -0.158. The van der Waals surface area contributed by atoms with Gasteiger partial charge in [-0.05, 0) is 19.3 Å². The fourth-order valence-corrected chi connectivity index (χ4v) is 3.99. The number of anilines is 1. The van der Waals surface area contributed by atoms with Crippen LogP contribution in [-0.2, 0) is 10.9 Å². The molecule has 1 saturated carbocycles. The Hall–Kier alpha value is -2.88. The van der Waals surface area contributed by atoms with Gasteiger partial charge in [0.15, 0.2) is 29.3 Å². The molecule has 172 valence electrons. The molecule has 4 N–H and O–H groups in total. The minimum Gasteiger partial charge on any atom is -0.414 e. The van der Waals surface area contributed by atoms with E-state index in [9.17, 15) is 28.5 Å². The normalized spacial score (nSPS) is 30.9. The third kappa shape index (κ3) is 3.46. The van der Waals surface area contributed by atoms with Gasteiger partial charge in [0.25, 0.3) is 0 Å². The molecule has 0 unspecified atom stereocenters. The van der Waals surface area contributed by atoms with Crippen LogP contribution in [0.4, 0.5) is 19.0 Å². The van der Waals surface area contributed by atoms with Crippen LogP contribution in [0.1, 0.15) is 43.4 Å². The standard InChI is InChI=1S/C17H18F3N7O5/c18-17(19,20)16-26-25-14(32-16)11-9(29)10(30)15(31-11)27-5-23-8-12(21-4-22-13(8)27)24-6-2-1-3-7(6)28/h4-7,9-11,15,28-30H,1-3H2,(H,21,22,24)/t6-,7-,9-,10+,11-,15+/m0/s1. The molecule has 3 aromatic heterocycles. The second kappa shape index (κ2) is 7.61. The number of aliphatic hydroxyl groups is 3. The van der Waals surface area contributed by atoms with Crippen molar-refractivity contribution in [2.24, 2.45) is 0 Å². The Bertz CT molecular complexity index is 1120. The van der Waals surface area contributed by atoms with Gasteiger partial charge >= 0.3 is 12.1 Å². The second-order valence-corrected chi connectivity index (χ2v) is 7.67. The molecule has 12 nitrogen and oxygen atoms in total. The average Bonchev–Trinajstić information content (AvgIpc) is 3.51. The molecule has 1 aliphatic heterocycles. The van der Waals surface area contributed by atoms with Gasteiger partial charge in [-0.15, -0.1) is 10.2 Å². The monoisotopic (exact) mass is 457 g/mol. The van der Waals surface area contributed by atoms with Crippen LogP contribution < -0.4 is 5.32 Å². The predicted octanol–water partition coefficient (Wildman–Crippen LogP) is 0.545. The first kappa shape index (κ1) is 21.0. The van der Waals surface area contributed by atoms with Gasteiger partial charge in [-0.2, -0.15) is 13.2 Å². The predicted molar refractivity (Wildman–Crippen MR) is 96.8 cm³/mol. The zero-order valence-corrected chi connectivity index (χ0v) is 16.2. The molecule has 3 aromatic rings. The first-order valence-corrected chi connectivity index (χ1v) is 9.78. The van der Waals surface area contributed by atoms with Crippen molar-refractivity contribution in [2.75, 3.05) is 5.32 Å². The molecular weight excluding hydrogens is 439 g/mol. The lowest BCUT2D eigenvalue weighted by Gasteiger charge is -2.18. The second-order valence-electron chi connectivity index (χ2n) is 7.67. The molecule has 32 heavy (non-hydrogen) atoms. The van der Waals surface area contributed by atoms with Crippen molar-refractivity contribution in [3.8, 4) is 0 Å². The number of rotatable bonds is 4. The van der Waals surface area contributed by atoms with E-state index in [1.807, 2.05) is 0 Å². The van der Waals surface area contributed by atoms with Gasteiger partial charge in [-0.25, -0.2) is 15.0 Å². The van der Waals surface area contributed by atoms with Crippen LogP contribution in [-0.4, -0.2) is 69.4 Å². The van der Waals surface area contributed by atoms with E-state index >= 15 is 0 Å². The molecule has 6 atom stereocenters. The average molecular weight is 457 g/mol. The number of imidazole rings is 1. The van der Waals surface area contributed by atoms with Gasteiger partial charge in [0.05, 0.1) is 18.5 Å². The van der Waals surface area contributed by atoms with Crippen molar-refractivity contribution in [2.45, 2.75) is 62.1 Å². The summed E-state index contributed by atoms with van der Waals surface area (Å²) >= 11 is 0. The van der Waals surface area contributed by atoms with Crippen LogP contribution in [0.2, 0.25) is 0 Å². The third-order valence-corrected chi connectivity index (χ3v) is 5.60. The summed E-state index contributed by atoms with van der Waals surface area (Å²) in [6, 6.07) is -0.196. The molecule has 0 spiro atoms. The van der Waals surface area contributed by atoms with Gasteiger partial charge in [0.1, 0.15) is 18.5 Å². The number of fused-ring (bicyclic) bond motifs is 1. The van der Waals surface area contributed by atoms with Gasteiger partial charge in [0.2, 0.25) is 5.89 Å². The molecule has 5 rings (SSSR count). The zero-order valence-electron chi connectivity index (χ0n) is 16.2. The number of nitrogens with one attached hydrogen (secondary N) is 1. The summed E-state index contributed by atoms with van der Waals surface area (Å²) in [6.45, 7) is 0. The van der Waals surface area contributed by atoms with Crippen molar-refractivity contribution < 1.29 is 37.6 Å². The van der Waals surface area contributed by atoms with Crippen LogP contribution in [0.3, 0.4) is 0 Å². The summed E-state index contributed by atoms with van der Waals surface area (Å²) in [5.74, 6) is -1.84. The SMILES string of the molecule is O[C@@H]1[C@H](O)[C@@H](c2nnc(C(F)(F)F)o2)O[C@H]1n1cnc2c(N[C@H]3CCC[C@@H]3O)ncnc21. The number of hydrogen-bond donors (Lipinski definition) is 4. The van der Waals surface area contributed by atoms with E-state index in [1.54, 1.807) is 0 Å². The first-order chi connectivity index (χ1) is 15.2. The highest BCUT2D eigenvalue weighted by Crippen LogP contribution is 2.40.